The number of benzene rings is 1. The third-order valence-electron chi connectivity index (χ3n) is 5.05. The molecule has 140 valence electrons. The van der Waals surface area contributed by atoms with Crippen molar-refractivity contribution in [3.05, 3.63) is 65.0 Å². The van der Waals surface area contributed by atoms with Crippen molar-refractivity contribution in [2.45, 2.75) is 45.6 Å². The number of pyridine rings is 1. The Balaban J connectivity index is 0.00000243. The molecule has 1 aromatic heterocycles. The molecule has 1 amide bonds. The topological polar surface area (TPSA) is 62.2 Å². The Bertz CT molecular complexity index is 802. The lowest BCUT2D eigenvalue weighted by Crippen LogP contribution is -2.46. The van der Waals surface area contributed by atoms with E-state index >= 15 is 0 Å². The first kappa shape index (κ1) is 20.4. The molecule has 2 aromatic rings. The molecule has 0 saturated carbocycles. The number of nitrogens with zero attached hydrogens (tertiary/aromatic N) is 1. The Hall–Kier alpha value is -1.91. The number of hydrogen-bond acceptors (Lipinski definition) is 3. The molecule has 1 aliphatic rings. The summed E-state index contributed by atoms with van der Waals surface area (Å²) in [4.78, 5) is 17.2. The first-order chi connectivity index (χ1) is 11.7. The zero-order valence-electron chi connectivity index (χ0n) is 15.7. The van der Waals surface area contributed by atoms with E-state index in [4.69, 9.17) is 0 Å². The number of carbonyl (C=O) groups excluding carboxylic acids is 1. The molecule has 0 radical (unpaired) electrons. The summed E-state index contributed by atoms with van der Waals surface area (Å²) in [5.74, 6) is -0.0491. The molecule has 1 aromatic carbocycles. The monoisotopic (exact) mass is 374 g/mol. The van der Waals surface area contributed by atoms with Crippen LogP contribution in [-0.4, -0.2) is 28.1 Å². The van der Waals surface area contributed by atoms with Crippen LogP contribution in [0.3, 0.4) is 0 Å². The lowest BCUT2D eigenvalue weighted by atomic mass is 9.75. The highest BCUT2D eigenvalue weighted by Crippen LogP contribution is 2.50. The van der Waals surface area contributed by atoms with Crippen LogP contribution < -0.4 is 5.32 Å². The van der Waals surface area contributed by atoms with Crippen LogP contribution >= 0.6 is 12.4 Å². The average molecular weight is 375 g/mol. The van der Waals surface area contributed by atoms with Crippen LogP contribution in [0.25, 0.3) is 0 Å². The molecule has 5 heteroatoms. The van der Waals surface area contributed by atoms with Crippen molar-refractivity contribution in [1.82, 2.24) is 10.3 Å². The average Bonchev–Trinajstić information content (AvgIpc) is 2.84. The van der Waals surface area contributed by atoms with E-state index in [1.807, 2.05) is 6.20 Å². The van der Waals surface area contributed by atoms with Gasteiger partial charge in [-0.05, 0) is 48.4 Å². The smallest absolute Gasteiger partial charge is 0.252 e. The fourth-order valence-corrected chi connectivity index (χ4v) is 3.84. The minimum atomic E-state index is -0.666. The first-order valence-electron chi connectivity index (χ1n) is 8.70. The van der Waals surface area contributed by atoms with Crippen LogP contribution in [-0.2, 0) is 6.42 Å². The fourth-order valence-electron chi connectivity index (χ4n) is 3.84. The van der Waals surface area contributed by atoms with Crippen molar-refractivity contribution in [2.75, 3.05) is 6.61 Å². The standard InChI is InChI=1S/C21H26N2O2.ClH/c1-20(2)11-14-7-5-6-8-15(14)18(20)17-12-22-10-9-16(17)19(25)23-21(3,4)13-24;/h5-10,12,18,24H,11,13H2,1-4H3,(H,23,25);1H. The summed E-state index contributed by atoms with van der Waals surface area (Å²) in [6, 6.07) is 10.2. The summed E-state index contributed by atoms with van der Waals surface area (Å²) in [6.07, 6.45) is 4.44. The number of hydrogen-bond donors (Lipinski definition) is 2. The third-order valence-corrected chi connectivity index (χ3v) is 5.05. The Kier molecular flexibility index (Phi) is 5.79. The molecule has 1 unspecified atom stereocenters. The summed E-state index contributed by atoms with van der Waals surface area (Å²) < 4.78 is 0. The minimum Gasteiger partial charge on any atom is -0.394 e. The van der Waals surface area contributed by atoms with Gasteiger partial charge in [0, 0.05) is 23.9 Å². The molecule has 26 heavy (non-hydrogen) atoms. The summed E-state index contributed by atoms with van der Waals surface area (Å²) in [7, 11) is 0. The molecule has 1 aliphatic carbocycles. The maximum atomic E-state index is 12.9. The summed E-state index contributed by atoms with van der Waals surface area (Å²) in [6.45, 7) is 7.98. The molecule has 3 rings (SSSR count). The number of aliphatic hydroxyl groups excluding tert-OH is 1. The van der Waals surface area contributed by atoms with Crippen LogP contribution in [0.5, 0.6) is 0 Å². The van der Waals surface area contributed by atoms with E-state index in [0.29, 0.717) is 5.56 Å². The number of rotatable bonds is 4. The second kappa shape index (κ2) is 7.37. The van der Waals surface area contributed by atoms with Crippen LogP contribution in [0.2, 0.25) is 0 Å². The van der Waals surface area contributed by atoms with Crippen molar-refractivity contribution < 1.29 is 9.90 Å². The Labute approximate surface area is 161 Å². The second-order valence-corrected chi connectivity index (χ2v) is 8.26. The molecule has 0 bridgehead atoms. The Morgan fingerprint density at radius 3 is 2.65 bits per heavy atom. The molecular formula is C21H27ClN2O2. The van der Waals surface area contributed by atoms with Gasteiger partial charge in [-0.3, -0.25) is 9.78 Å². The predicted molar refractivity (Wildman–Crippen MR) is 106 cm³/mol. The Morgan fingerprint density at radius 1 is 1.27 bits per heavy atom. The van der Waals surface area contributed by atoms with Gasteiger partial charge in [-0.1, -0.05) is 38.1 Å². The number of aromatic nitrogens is 1. The number of carbonyl (C=O) groups is 1. The van der Waals surface area contributed by atoms with E-state index in [2.05, 4.69) is 48.4 Å². The number of fused-ring (bicyclic) bond motifs is 1. The van der Waals surface area contributed by atoms with Gasteiger partial charge in [0.15, 0.2) is 0 Å². The maximum absolute atomic E-state index is 12.9. The molecule has 0 spiro atoms. The van der Waals surface area contributed by atoms with Gasteiger partial charge >= 0.3 is 0 Å². The molecule has 4 nitrogen and oxygen atoms in total. The number of aliphatic hydroxyl groups is 1. The zero-order chi connectivity index (χ0) is 18.2. The number of halogens is 1. The highest BCUT2D eigenvalue weighted by atomic mass is 35.5. The summed E-state index contributed by atoms with van der Waals surface area (Å²) in [5, 5.41) is 12.4. The van der Waals surface area contributed by atoms with Gasteiger partial charge in [-0.2, -0.15) is 0 Å². The van der Waals surface area contributed by atoms with E-state index in [9.17, 15) is 9.90 Å². The van der Waals surface area contributed by atoms with Crippen LogP contribution in [0, 0.1) is 5.41 Å². The Morgan fingerprint density at radius 2 is 1.96 bits per heavy atom. The van der Waals surface area contributed by atoms with Crippen LogP contribution in [0.4, 0.5) is 0 Å². The maximum Gasteiger partial charge on any atom is 0.252 e. The minimum absolute atomic E-state index is 0. The molecule has 1 atom stereocenters. The third kappa shape index (κ3) is 3.76. The SMILES string of the molecule is CC(C)(CO)NC(=O)c1ccncc1C1c2ccccc2CC1(C)C.Cl. The highest BCUT2D eigenvalue weighted by molar-refractivity contribution is 5.96. The lowest BCUT2D eigenvalue weighted by molar-refractivity contribution is 0.0867. The molecule has 2 N–H and O–H groups in total. The van der Waals surface area contributed by atoms with Gasteiger partial charge in [-0.15, -0.1) is 12.4 Å². The van der Waals surface area contributed by atoms with E-state index in [0.717, 1.165) is 12.0 Å². The van der Waals surface area contributed by atoms with E-state index in [1.165, 1.54) is 11.1 Å². The van der Waals surface area contributed by atoms with Gasteiger partial charge in [-0.25, -0.2) is 0 Å². The van der Waals surface area contributed by atoms with Crippen molar-refractivity contribution in [3.63, 3.8) is 0 Å². The zero-order valence-corrected chi connectivity index (χ0v) is 16.6. The second-order valence-electron chi connectivity index (χ2n) is 8.26. The van der Waals surface area contributed by atoms with Gasteiger partial charge in [0.2, 0.25) is 0 Å². The normalized spacial score (nSPS) is 18.0. The summed E-state index contributed by atoms with van der Waals surface area (Å²) in [5.41, 5.74) is 3.53. The first-order valence-corrected chi connectivity index (χ1v) is 8.70. The predicted octanol–water partition coefficient (Wildman–Crippen LogP) is 3.72. The molecule has 0 saturated heterocycles. The highest BCUT2D eigenvalue weighted by Gasteiger charge is 2.41. The molecule has 1 heterocycles. The van der Waals surface area contributed by atoms with Crippen molar-refractivity contribution >= 4 is 18.3 Å². The van der Waals surface area contributed by atoms with Crippen molar-refractivity contribution in [2.24, 2.45) is 5.41 Å². The van der Waals surface area contributed by atoms with Crippen LogP contribution in [0.1, 0.15) is 60.7 Å². The molecular weight excluding hydrogens is 348 g/mol. The van der Waals surface area contributed by atoms with Gasteiger partial charge < -0.3 is 10.4 Å². The van der Waals surface area contributed by atoms with E-state index < -0.39 is 5.54 Å². The van der Waals surface area contributed by atoms with Gasteiger partial charge in [0.05, 0.1) is 12.1 Å². The van der Waals surface area contributed by atoms with Crippen LogP contribution in [0.15, 0.2) is 42.7 Å². The van der Waals surface area contributed by atoms with E-state index in [1.54, 1.807) is 26.1 Å². The number of nitrogens with one attached hydrogen (secondary N) is 1. The van der Waals surface area contributed by atoms with Gasteiger partial charge in [0.25, 0.3) is 5.91 Å². The molecule has 0 aliphatic heterocycles. The fraction of sp³-hybridized carbons (Fsp3) is 0.429. The molecule has 0 fully saturated rings. The lowest BCUT2D eigenvalue weighted by Gasteiger charge is -2.30. The number of amides is 1. The van der Waals surface area contributed by atoms with Crippen molar-refractivity contribution in [3.8, 4) is 0 Å². The largest absolute Gasteiger partial charge is 0.394 e. The summed E-state index contributed by atoms with van der Waals surface area (Å²) >= 11 is 0. The quantitative estimate of drug-likeness (QED) is 0.857. The van der Waals surface area contributed by atoms with Gasteiger partial charge in [0.1, 0.15) is 0 Å². The van der Waals surface area contributed by atoms with E-state index in [-0.39, 0.29) is 36.3 Å². The van der Waals surface area contributed by atoms with Crippen molar-refractivity contribution in [1.29, 1.82) is 0 Å².